The monoisotopic (exact) mass is 226 g/mol. The summed E-state index contributed by atoms with van der Waals surface area (Å²) in [5, 5.41) is 4.72. The lowest BCUT2D eigenvalue weighted by molar-refractivity contribution is 0.555. The first kappa shape index (κ1) is 11.8. The van der Waals surface area contributed by atoms with Gasteiger partial charge in [0.1, 0.15) is 0 Å². The Morgan fingerprint density at radius 2 is 2.18 bits per heavy atom. The number of hydrogen-bond donors (Lipinski definition) is 1. The van der Waals surface area contributed by atoms with E-state index in [-0.39, 0.29) is 0 Å². The van der Waals surface area contributed by atoms with E-state index in [0.717, 1.165) is 18.5 Å². The van der Waals surface area contributed by atoms with Gasteiger partial charge in [-0.3, -0.25) is 4.98 Å². The normalized spacial score (nSPS) is 12.5. The highest BCUT2D eigenvalue weighted by molar-refractivity contribution is 5.81. The Kier molecular flexibility index (Phi) is 3.89. The summed E-state index contributed by atoms with van der Waals surface area (Å²) in [5.74, 6) is 0. The summed E-state index contributed by atoms with van der Waals surface area (Å²) in [4.78, 5) is 4.36. The molecule has 1 aromatic heterocycles. The first-order chi connectivity index (χ1) is 8.31. The molecule has 17 heavy (non-hydrogen) atoms. The molecule has 0 saturated heterocycles. The number of hydrogen-bond acceptors (Lipinski definition) is 2. The highest BCUT2D eigenvalue weighted by Gasteiger charge is 2.03. The van der Waals surface area contributed by atoms with Gasteiger partial charge in [0.2, 0.25) is 0 Å². The summed E-state index contributed by atoms with van der Waals surface area (Å²) in [6.45, 7) is 6.80. The van der Waals surface area contributed by atoms with Crippen molar-refractivity contribution in [2.75, 3.05) is 0 Å². The Morgan fingerprint density at radius 1 is 1.35 bits per heavy atom. The van der Waals surface area contributed by atoms with Crippen LogP contribution in [0.1, 0.15) is 18.9 Å². The fourth-order valence-electron chi connectivity index (χ4n) is 1.93. The lowest BCUT2D eigenvalue weighted by Gasteiger charge is -2.12. The van der Waals surface area contributed by atoms with Crippen LogP contribution in [0.25, 0.3) is 10.9 Å². The maximum absolute atomic E-state index is 4.36. The minimum Gasteiger partial charge on any atom is -0.310 e. The highest BCUT2D eigenvalue weighted by atomic mass is 14.9. The number of aromatic nitrogens is 1. The van der Waals surface area contributed by atoms with Gasteiger partial charge >= 0.3 is 0 Å². The van der Waals surface area contributed by atoms with Gasteiger partial charge in [0.25, 0.3) is 0 Å². The molecule has 1 aromatic carbocycles. The molecule has 2 nitrogen and oxygen atoms in total. The number of fused-ring (bicyclic) bond motifs is 1. The van der Waals surface area contributed by atoms with Crippen molar-refractivity contribution in [3.63, 3.8) is 0 Å². The van der Waals surface area contributed by atoms with Gasteiger partial charge in [-0.15, -0.1) is 6.58 Å². The average Bonchev–Trinajstić information content (AvgIpc) is 2.36. The van der Waals surface area contributed by atoms with Gasteiger partial charge in [-0.05, 0) is 31.0 Å². The third-order valence-electron chi connectivity index (χ3n) is 2.90. The molecule has 0 saturated carbocycles. The summed E-state index contributed by atoms with van der Waals surface area (Å²) in [5.41, 5.74) is 2.36. The maximum Gasteiger partial charge on any atom is 0.0705 e. The molecule has 0 bridgehead atoms. The Labute approximate surface area is 102 Å². The van der Waals surface area contributed by atoms with Crippen molar-refractivity contribution in [1.29, 1.82) is 0 Å². The SMILES string of the molecule is C=CCC(C)NCc1ccnc2ccccc12. The van der Waals surface area contributed by atoms with E-state index in [2.05, 4.69) is 42.0 Å². The Balaban J connectivity index is 2.15. The van der Waals surface area contributed by atoms with Crippen LogP contribution in [0.4, 0.5) is 0 Å². The molecule has 0 aliphatic heterocycles. The Morgan fingerprint density at radius 3 is 3.00 bits per heavy atom. The van der Waals surface area contributed by atoms with Crippen molar-refractivity contribution >= 4 is 10.9 Å². The first-order valence-corrected chi connectivity index (χ1v) is 5.98. The summed E-state index contributed by atoms with van der Waals surface area (Å²) >= 11 is 0. The smallest absolute Gasteiger partial charge is 0.0705 e. The van der Waals surface area contributed by atoms with E-state index in [1.165, 1.54) is 10.9 Å². The molecule has 0 fully saturated rings. The zero-order valence-corrected chi connectivity index (χ0v) is 10.2. The number of nitrogens with zero attached hydrogens (tertiary/aromatic N) is 1. The quantitative estimate of drug-likeness (QED) is 0.791. The van der Waals surface area contributed by atoms with Gasteiger partial charge < -0.3 is 5.32 Å². The number of benzene rings is 1. The fraction of sp³-hybridized carbons (Fsp3) is 0.267. The second-order valence-corrected chi connectivity index (χ2v) is 4.29. The molecule has 1 heterocycles. The lowest BCUT2D eigenvalue weighted by atomic mass is 10.1. The molecule has 1 atom stereocenters. The molecule has 2 heteroatoms. The van der Waals surface area contributed by atoms with Gasteiger partial charge in [-0.2, -0.15) is 0 Å². The molecule has 88 valence electrons. The largest absolute Gasteiger partial charge is 0.310 e. The molecule has 1 unspecified atom stereocenters. The van der Waals surface area contributed by atoms with Gasteiger partial charge in [-0.1, -0.05) is 24.3 Å². The minimum absolute atomic E-state index is 0.458. The van der Waals surface area contributed by atoms with Crippen molar-refractivity contribution in [3.8, 4) is 0 Å². The fourth-order valence-corrected chi connectivity index (χ4v) is 1.93. The van der Waals surface area contributed by atoms with Crippen LogP contribution in [0.5, 0.6) is 0 Å². The van der Waals surface area contributed by atoms with Crippen LogP contribution < -0.4 is 5.32 Å². The topological polar surface area (TPSA) is 24.9 Å². The number of para-hydroxylation sites is 1. The first-order valence-electron chi connectivity index (χ1n) is 5.98. The zero-order chi connectivity index (χ0) is 12.1. The number of rotatable bonds is 5. The van der Waals surface area contributed by atoms with E-state index in [1.807, 2.05) is 24.4 Å². The second kappa shape index (κ2) is 5.60. The van der Waals surface area contributed by atoms with Crippen LogP contribution in [0.3, 0.4) is 0 Å². The second-order valence-electron chi connectivity index (χ2n) is 4.29. The van der Waals surface area contributed by atoms with Crippen LogP contribution >= 0.6 is 0 Å². The van der Waals surface area contributed by atoms with Crippen molar-refractivity contribution in [2.45, 2.75) is 25.9 Å². The van der Waals surface area contributed by atoms with Gasteiger partial charge in [0, 0.05) is 24.2 Å². The van der Waals surface area contributed by atoms with E-state index >= 15 is 0 Å². The van der Waals surface area contributed by atoms with Gasteiger partial charge in [-0.25, -0.2) is 0 Å². The van der Waals surface area contributed by atoms with E-state index < -0.39 is 0 Å². The van der Waals surface area contributed by atoms with Crippen molar-refractivity contribution < 1.29 is 0 Å². The molecule has 1 N–H and O–H groups in total. The molecule has 2 aromatic rings. The third-order valence-corrected chi connectivity index (χ3v) is 2.90. The van der Waals surface area contributed by atoms with Crippen LogP contribution in [-0.4, -0.2) is 11.0 Å². The van der Waals surface area contributed by atoms with E-state index in [9.17, 15) is 0 Å². The van der Waals surface area contributed by atoms with E-state index in [0.29, 0.717) is 6.04 Å². The average molecular weight is 226 g/mol. The molecule has 0 aliphatic rings. The summed E-state index contributed by atoms with van der Waals surface area (Å²) in [7, 11) is 0. The summed E-state index contributed by atoms with van der Waals surface area (Å²) in [6, 6.07) is 10.8. The zero-order valence-electron chi connectivity index (χ0n) is 10.2. The Hall–Kier alpha value is -1.67. The van der Waals surface area contributed by atoms with Crippen molar-refractivity contribution in [2.24, 2.45) is 0 Å². The Bertz CT molecular complexity index is 500. The van der Waals surface area contributed by atoms with E-state index in [1.54, 1.807) is 0 Å². The van der Waals surface area contributed by atoms with Gasteiger partial charge in [0.15, 0.2) is 0 Å². The lowest BCUT2D eigenvalue weighted by Crippen LogP contribution is -2.24. The summed E-state index contributed by atoms with van der Waals surface area (Å²) < 4.78 is 0. The van der Waals surface area contributed by atoms with E-state index in [4.69, 9.17) is 0 Å². The summed E-state index contributed by atoms with van der Waals surface area (Å²) in [6.07, 6.45) is 4.81. The molecule has 0 amide bonds. The predicted molar refractivity (Wildman–Crippen MR) is 72.9 cm³/mol. The van der Waals surface area contributed by atoms with Crippen molar-refractivity contribution in [1.82, 2.24) is 10.3 Å². The molecule has 0 aliphatic carbocycles. The predicted octanol–water partition coefficient (Wildman–Crippen LogP) is 3.29. The van der Waals surface area contributed by atoms with Crippen LogP contribution in [-0.2, 0) is 6.54 Å². The van der Waals surface area contributed by atoms with Crippen molar-refractivity contribution in [3.05, 3.63) is 54.7 Å². The highest BCUT2D eigenvalue weighted by Crippen LogP contribution is 2.15. The van der Waals surface area contributed by atoms with Crippen LogP contribution in [0.15, 0.2) is 49.2 Å². The third kappa shape index (κ3) is 2.92. The number of pyridine rings is 1. The van der Waals surface area contributed by atoms with Crippen LogP contribution in [0.2, 0.25) is 0 Å². The number of nitrogens with one attached hydrogen (secondary N) is 1. The van der Waals surface area contributed by atoms with Gasteiger partial charge in [0.05, 0.1) is 5.52 Å². The molecular weight excluding hydrogens is 208 g/mol. The minimum atomic E-state index is 0.458. The standard InChI is InChI=1S/C15H18N2/c1-3-6-12(2)17-11-13-9-10-16-15-8-5-4-7-14(13)15/h3-5,7-10,12,17H,1,6,11H2,2H3. The molecule has 0 spiro atoms. The van der Waals surface area contributed by atoms with Crippen LogP contribution in [0, 0.1) is 0 Å². The molecule has 2 rings (SSSR count). The molecular formula is C15H18N2. The molecule has 0 radical (unpaired) electrons. The maximum atomic E-state index is 4.36.